The van der Waals surface area contributed by atoms with Gasteiger partial charge in [-0.15, -0.1) is 0 Å². The summed E-state index contributed by atoms with van der Waals surface area (Å²) in [5.41, 5.74) is 1.46. The Morgan fingerprint density at radius 3 is 2.55 bits per heavy atom. The summed E-state index contributed by atoms with van der Waals surface area (Å²) < 4.78 is 12.9. The van der Waals surface area contributed by atoms with Crippen LogP contribution in [0.5, 0.6) is 0 Å². The van der Waals surface area contributed by atoms with Gasteiger partial charge in [0.05, 0.1) is 22.8 Å². The van der Waals surface area contributed by atoms with Gasteiger partial charge in [0.25, 0.3) is 5.91 Å². The lowest BCUT2D eigenvalue weighted by Crippen LogP contribution is -3.08. The van der Waals surface area contributed by atoms with Gasteiger partial charge in [0.2, 0.25) is 0 Å². The fourth-order valence-electron chi connectivity index (χ4n) is 2.08. The second-order valence-corrected chi connectivity index (χ2v) is 5.87. The maximum absolute atomic E-state index is 12.9. The Morgan fingerprint density at radius 2 is 1.86 bits per heavy atom. The first-order valence-electron chi connectivity index (χ1n) is 6.75. The van der Waals surface area contributed by atoms with Crippen LogP contribution in [0.2, 0.25) is 10.0 Å². The van der Waals surface area contributed by atoms with Gasteiger partial charge in [0.1, 0.15) is 12.4 Å². The predicted molar refractivity (Wildman–Crippen MR) is 86.9 cm³/mol. The van der Waals surface area contributed by atoms with Crippen LogP contribution < -0.4 is 10.2 Å². The molecule has 1 atom stereocenters. The summed E-state index contributed by atoms with van der Waals surface area (Å²) in [6, 6.07) is 11.3. The highest BCUT2D eigenvalue weighted by molar-refractivity contribution is 6.43. The second kappa shape index (κ2) is 7.58. The monoisotopic (exact) mass is 341 g/mol. The van der Waals surface area contributed by atoms with E-state index in [-0.39, 0.29) is 18.3 Å². The molecule has 22 heavy (non-hydrogen) atoms. The van der Waals surface area contributed by atoms with Crippen molar-refractivity contribution in [3.8, 4) is 0 Å². The Morgan fingerprint density at radius 1 is 1.18 bits per heavy atom. The van der Waals surface area contributed by atoms with Crippen LogP contribution >= 0.6 is 23.2 Å². The van der Waals surface area contributed by atoms with E-state index in [4.69, 9.17) is 23.2 Å². The maximum Gasteiger partial charge on any atom is 0.279 e. The van der Waals surface area contributed by atoms with Gasteiger partial charge in [-0.1, -0.05) is 41.4 Å². The minimum atomic E-state index is -0.269. The molecular weight excluding hydrogens is 326 g/mol. The van der Waals surface area contributed by atoms with Crippen LogP contribution in [-0.2, 0) is 11.3 Å². The average Bonchev–Trinajstić information content (AvgIpc) is 2.46. The molecule has 0 saturated carbocycles. The van der Waals surface area contributed by atoms with Crippen molar-refractivity contribution in [1.82, 2.24) is 0 Å². The maximum atomic E-state index is 12.9. The van der Waals surface area contributed by atoms with Gasteiger partial charge in [-0.3, -0.25) is 4.79 Å². The number of carbonyl (C=O) groups excluding carboxylic acids is 1. The highest BCUT2D eigenvalue weighted by Crippen LogP contribution is 2.29. The van der Waals surface area contributed by atoms with Crippen molar-refractivity contribution in [3.05, 3.63) is 63.9 Å². The lowest BCUT2D eigenvalue weighted by molar-refractivity contribution is -0.885. The molecule has 0 aliphatic heterocycles. The zero-order chi connectivity index (χ0) is 16.1. The van der Waals surface area contributed by atoms with E-state index in [0.717, 1.165) is 10.5 Å². The molecule has 2 rings (SSSR count). The molecule has 2 N–H and O–H groups in total. The van der Waals surface area contributed by atoms with Crippen LogP contribution in [0.15, 0.2) is 42.5 Å². The number of hydrogen-bond acceptors (Lipinski definition) is 1. The summed E-state index contributed by atoms with van der Waals surface area (Å²) in [4.78, 5) is 13.0. The minimum Gasteiger partial charge on any atom is -0.326 e. The molecule has 0 bridgehead atoms. The van der Waals surface area contributed by atoms with Crippen LogP contribution in [0.4, 0.5) is 10.1 Å². The Balaban J connectivity index is 1.91. The molecule has 0 radical (unpaired) electrons. The van der Waals surface area contributed by atoms with Crippen LogP contribution in [0, 0.1) is 5.82 Å². The number of rotatable bonds is 5. The molecule has 2 aromatic rings. The van der Waals surface area contributed by atoms with E-state index < -0.39 is 0 Å². The molecule has 0 aliphatic rings. The van der Waals surface area contributed by atoms with Crippen molar-refractivity contribution < 1.29 is 14.1 Å². The summed E-state index contributed by atoms with van der Waals surface area (Å²) in [6.45, 7) is 0.886. The number of hydrogen-bond donors (Lipinski definition) is 2. The number of anilines is 1. The van der Waals surface area contributed by atoms with E-state index in [1.165, 1.54) is 12.1 Å². The molecule has 0 saturated heterocycles. The molecule has 0 fully saturated rings. The molecule has 0 spiro atoms. The highest BCUT2D eigenvalue weighted by atomic mass is 35.5. The normalized spacial score (nSPS) is 12.0. The Labute approximate surface area is 138 Å². The van der Waals surface area contributed by atoms with E-state index in [0.29, 0.717) is 22.3 Å². The quantitative estimate of drug-likeness (QED) is 0.861. The predicted octanol–water partition coefficient (Wildman–Crippen LogP) is 2.79. The molecule has 1 amide bonds. The molecule has 0 heterocycles. The average molecular weight is 342 g/mol. The number of nitrogens with one attached hydrogen (secondary N) is 2. The van der Waals surface area contributed by atoms with Gasteiger partial charge < -0.3 is 10.2 Å². The van der Waals surface area contributed by atoms with E-state index in [9.17, 15) is 9.18 Å². The fraction of sp³-hybridized carbons (Fsp3) is 0.188. The Kier molecular flexibility index (Phi) is 5.77. The van der Waals surface area contributed by atoms with Crippen molar-refractivity contribution >= 4 is 34.8 Å². The zero-order valence-electron chi connectivity index (χ0n) is 12.0. The summed E-state index contributed by atoms with van der Waals surface area (Å²) in [5, 5.41) is 3.46. The second-order valence-electron chi connectivity index (χ2n) is 5.09. The lowest BCUT2D eigenvalue weighted by Gasteiger charge is -2.14. The third-order valence-corrected chi connectivity index (χ3v) is 3.93. The lowest BCUT2D eigenvalue weighted by atomic mass is 10.2. The SMILES string of the molecule is C[NH+](CC(=O)Nc1cccc(Cl)c1Cl)Cc1ccc(F)cc1. The first kappa shape index (κ1) is 16.7. The van der Waals surface area contributed by atoms with Gasteiger partial charge in [-0.05, 0) is 24.3 Å². The third-order valence-electron chi connectivity index (χ3n) is 3.11. The minimum absolute atomic E-state index is 0.163. The number of amides is 1. The van der Waals surface area contributed by atoms with Crippen molar-refractivity contribution in [2.75, 3.05) is 18.9 Å². The number of halogens is 3. The molecular formula is C16H16Cl2FN2O+. The molecule has 0 aliphatic carbocycles. The molecule has 2 aromatic carbocycles. The number of likely N-dealkylation sites (N-methyl/N-ethyl adjacent to an activating group) is 1. The first-order chi connectivity index (χ1) is 10.5. The standard InChI is InChI=1S/C16H15Cl2FN2O/c1-21(9-11-5-7-12(19)8-6-11)10-15(22)20-14-4-2-3-13(17)16(14)18/h2-8H,9-10H2,1H3,(H,20,22)/p+1. The largest absolute Gasteiger partial charge is 0.326 e. The van der Waals surface area contributed by atoms with Crippen molar-refractivity contribution in [1.29, 1.82) is 0 Å². The molecule has 0 aromatic heterocycles. The summed E-state index contributed by atoms with van der Waals surface area (Å²) in [6.07, 6.45) is 0. The van der Waals surface area contributed by atoms with Crippen LogP contribution in [0.3, 0.4) is 0 Å². The topological polar surface area (TPSA) is 33.5 Å². The molecule has 3 nitrogen and oxygen atoms in total. The smallest absolute Gasteiger partial charge is 0.279 e. The van der Waals surface area contributed by atoms with E-state index >= 15 is 0 Å². The summed E-state index contributed by atoms with van der Waals surface area (Å²) in [7, 11) is 1.89. The molecule has 6 heteroatoms. The summed E-state index contributed by atoms with van der Waals surface area (Å²) >= 11 is 11.9. The molecule has 1 unspecified atom stereocenters. The van der Waals surface area contributed by atoms with Crippen molar-refractivity contribution in [2.45, 2.75) is 6.54 Å². The fourth-order valence-corrected chi connectivity index (χ4v) is 2.43. The van der Waals surface area contributed by atoms with Gasteiger partial charge in [-0.2, -0.15) is 0 Å². The number of carbonyl (C=O) groups is 1. The first-order valence-corrected chi connectivity index (χ1v) is 7.51. The van der Waals surface area contributed by atoms with E-state index in [1.807, 2.05) is 7.05 Å². The van der Waals surface area contributed by atoms with Crippen molar-refractivity contribution in [3.63, 3.8) is 0 Å². The van der Waals surface area contributed by atoms with Gasteiger partial charge >= 0.3 is 0 Å². The van der Waals surface area contributed by atoms with Crippen LogP contribution in [0.25, 0.3) is 0 Å². The van der Waals surface area contributed by atoms with Gasteiger partial charge in [0, 0.05) is 5.56 Å². The van der Waals surface area contributed by atoms with Crippen LogP contribution in [-0.4, -0.2) is 19.5 Å². The third kappa shape index (κ3) is 4.70. The van der Waals surface area contributed by atoms with E-state index in [2.05, 4.69) is 5.32 Å². The summed E-state index contributed by atoms with van der Waals surface area (Å²) in [5.74, 6) is -0.432. The van der Waals surface area contributed by atoms with Gasteiger partial charge in [0.15, 0.2) is 6.54 Å². The number of benzene rings is 2. The Bertz CT molecular complexity index is 662. The van der Waals surface area contributed by atoms with E-state index in [1.54, 1.807) is 30.3 Å². The number of quaternary nitrogens is 1. The van der Waals surface area contributed by atoms with Crippen molar-refractivity contribution in [2.24, 2.45) is 0 Å². The highest BCUT2D eigenvalue weighted by Gasteiger charge is 2.13. The molecule has 116 valence electrons. The Hall–Kier alpha value is -1.62. The zero-order valence-corrected chi connectivity index (χ0v) is 13.5. The van der Waals surface area contributed by atoms with Crippen LogP contribution in [0.1, 0.15) is 5.56 Å². The van der Waals surface area contributed by atoms with Gasteiger partial charge in [-0.25, -0.2) is 4.39 Å².